The molecule has 2 nitrogen and oxygen atoms in total. The van der Waals surface area contributed by atoms with Crippen molar-refractivity contribution in [2.75, 3.05) is 0 Å². The largest absolute Gasteiger partial charge is 0.478 e. The fraction of sp³-hybridized carbons (Fsp3) is 0.278. The highest BCUT2D eigenvalue weighted by atomic mass is 16.4. The highest BCUT2D eigenvalue weighted by Crippen LogP contribution is 2.29. The number of unbranched alkanes of at least 4 members (excludes halogenated alkanes) is 1. The third-order valence-corrected chi connectivity index (χ3v) is 3.59. The maximum Gasteiger partial charge on any atom is 0.335 e. The van der Waals surface area contributed by atoms with E-state index in [9.17, 15) is 4.79 Å². The van der Waals surface area contributed by atoms with E-state index in [1.807, 2.05) is 25.1 Å². The zero-order valence-electron chi connectivity index (χ0n) is 12.0. The summed E-state index contributed by atoms with van der Waals surface area (Å²) in [5.74, 6) is -0.878. The van der Waals surface area contributed by atoms with Crippen LogP contribution in [0.1, 0.15) is 41.3 Å². The molecule has 0 aliphatic carbocycles. The van der Waals surface area contributed by atoms with E-state index in [1.54, 1.807) is 12.1 Å². The Hall–Kier alpha value is -2.09. The molecule has 0 amide bonds. The van der Waals surface area contributed by atoms with Gasteiger partial charge in [-0.1, -0.05) is 43.7 Å². The summed E-state index contributed by atoms with van der Waals surface area (Å²) in [6.07, 6.45) is 3.33. The van der Waals surface area contributed by atoms with Crippen LogP contribution in [0.15, 0.2) is 42.5 Å². The van der Waals surface area contributed by atoms with E-state index in [0.717, 1.165) is 36.0 Å². The molecule has 1 N–H and O–H groups in total. The van der Waals surface area contributed by atoms with E-state index in [1.165, 1.54) is 5.56 Å². The quantitative estimate of drug-likeness (QED) is 0.853. The number of carbonyl (C=O) groups is 1. The molecule has 0 bridgehead atoms. The second-order valence-corrected chi connectivity index (χ2v) is 5.10. The number of hydrogen-bond acceptors (Lipinski definition) is 1. The number of aryl methyl sites for hydroxylation is 2. The van der Waals surface area contributed by atoms with Crippen molar-refractivity contribution in [3.63, 3.8) is 0 Å². The third-order valence-electron chi connectivity index (χ3n) is 3.59. The van der Waals surface area contributed by atoms with Crippen LogP contribution >= 0.6 is 0 Å². The number of benzene rings is 2. The van der Waals surface area contributed by atoms with Crippen LogP contribution < -0.4 is 0 Å². The number of hydrogen-bond donors (Lipinski definition) is 1. The Kier molecular flexibility index (Phi) is 4.57. The summed E-state index contributed by atoms with van der Waals surface area (Å²) in [4.78, 5) is 11.2. The van der Waals surface area contributed by atoms with Gasteiger partial charge in [0, 0.05) is 0 Å². The van der Waals surface area contributed by atoms with Gasteiger partial charge in [0.05, 0.1) is 5.56 Å². The lowest BCUT2D eigenvalue weighted by Gasteiger charge is -2.12. The van der Waals surface area contributed by atoms with Gasteiger partial charge in [-0.2, -0.15) is 0 Å². The first kappa shape index (κ1) is 14.3. The fourth-order valence-corrected chi connectivity index (χ4v) is 2.41. The number of carboxylic acids is 1. The van der Waals surface area contributed by atoms with Crippen LogP contribution in [0.2, 0.25) is 0 Å². The Labute approximate surface area is 120 Å². The van der Waals surface area contributed by atoms with Crippen molar-refractivity contribution in [2.45, 2.75) is 33.1 Å². The molecule has 0 saturated carbocycles. The average Bonchev–Trinajstić information content (AvgIpc) is 2.46. The number of carboxylic acid groups (broad SMARTS) is 1. The Morgan fingerprint density at radius 2 is 1.85 bits per heavy atom. The molecule has 2 rings (SSSR count). The lowest BCUT2D eigenvalue weighted by molar-refractivity contribution is 0.0697. The molecule has 0 aliphatic heterocycles. The van der Waals surface area contributed by atoms with Gasteiger partial charge in [0.25, 0.3) is 0 Å². The number of rotatable bonds is 5. The van der Waals surface area contributed by atoms with Crippen LogP contribution in [0.4, 0.5) is 0 Å². The second kappa shape index (κ2) is 6.38. The van der Waals surface area contributed by atoms with Crippen LogP contribution in [-0.2, 0) is 6.42 Å². The Balaban J connectivity index is 2.50. The van der Waals surface area contributed by atoms with Gasteiger partial charge >= 0.3 is 5.97 Å². The Bertz CT molecular complexity index is 615. The molecule has 0 heterocycles. The molecule has 2 aromatic carbocycles. The van der Waals surface area contributed by atoms with Crippen molar-refractivity contribution in [3.05, 3.63) is 59.2 Å². The molecule has 0 atom stereocenters. The summed E-state index contributed by atoms with van der Waals surface area (Å²) in [6, 6.07) is 13.6. The van der Waals surface area contributed by atoms with Gasteiger partial charge in [-0.05, 0) is 54.2 Å². The summed E-state index contributed by atoms with van der Waals surface area (Å²) >= 11 is 0. The molecule has 0 aromatic heterocycles. The maximum atomic E-state index is 11.2. The summed E-state index contributed by atoms with van der Waals surface area (Å²) < 4.78 is 0. The standard InChI is InChI=1S/C18H20O2/c1-3-4-7-14-8-5-6-9-16(14)17-12-15(18(19)20)11-10-13(17)2/h5-6,8-12H,3-4,7H2,1-2H3,(H,19,20). The molecule has 0 unspecified atom stereocenters. The van der Waals surface area contributed by atoms with Crippen molar-refractivity contribution in [1.82, 2.24) is 0 Å². The summed E-state index contributed by atoms with van der Waals surface area (Å²) in [5.41, 5.74) is 4.92. The minimum atomic E-state index is -0.878. The minimum Gasteiger partial charge on any atom is -0.478 e. The normalized spacial score (nSPS) is 10.5. The fourth-order valence-electron chi connectivity index (χ4n) is 2.41. The van der Waals surface area contributed by atoms with E-state index >= 15 is 0 Å². The smallest absolute Gasteiger partial charge is 0.335 e. The topological polar surface area (TPSA) is 37.3 Å². The molecule has 2 heteroatoms. The third kappa shape index (κ3) is 3.08. The minimum absolute atomic E-state index is 0.343. The van der Waals surface area contributed by atoms with Gasteiger partial charge in [0.15, 0.2) is 0 Å². The zero-order valence-corrected chi connectivity index (χ0v) is 12.0. The zero-order chi connectivity index (χ0) is 14.5. The van der Waals surface area contributed by atoms with Crippen LogP contribution in [0.5, 0.6) is 0 Å². The predicted octanol–water partition coefficient (Wildman–Crippen LogP) is 4.70. The van der Waals surface area contributed by atoms with E-state index in [4.69, 9.17) is 5.11 Å². The highest BCUT2D eigenvalue weighted by molar-refractivity contribution is 5.90. The van der Waals surface area contributed by atoms with Crippen LogP contribution in [-0.4, -0.2) is 11.1 Å². The molecule has 0 spiro atoms. The van der Waals surface area contributed by atoms with Crippen molar-refractivity contribution < 1.29 is 9.90 Å². The SMILES string of the molecule is CCCCc1ccccc1-c1cc(C(=O)O)ccc1C. The molecular weight excluding hydrogens is 248 g/mol. The Morgan fingerprint density at radius 3 is 2.55 bits per heavy atom. The first-order valence-corrected chi connectivity index (χ1v) is 7.05. The number of aromatic carboxylic acids is 1. The van der Waals surface area contributed by atoms with E-state index in [0.29, 0.717) is 5.56 Å². The molecule has 20 heavy (non-hydrogen) atoms. The van der Waals surface area contributed by atoms with Gasteiger partial charge in [-0.25, -0.2) is 4.79 Å². The molecule has 0 radical (unpaired) electrons. The van der Waals surface area contributed by atoms with Crippen LogP contribution in [0, 0.1) is 6.92 Å². The lowest BCUT2D eigenvalue weighted by Crippen LogP contribution is -1.98. The van der Waals surface area contributed by atoms with Crippen molar-refractivity contribution in [2.24, 2.45) is 0 Å². The molecular formula is C18H20O2. The van der Waals surface area contributed by atoms with Gasteiger partial charge in [-0.3, -0.25) is 0 Å². The highest BCUT2D eigenvalue weighted by Gasteiger charge is 2.10. The average molecular weight is 268 g/mol. The monoisotopic (exact) mass is 268 g/mol. The van der Waals surface area contributed by atoms with Gasteiger partial charge in [0.1, 0.15) is 0 Å². The lowest BCUT2D eigenvalue weighted by atomic mass is 9.92. The molecule has 0 fully saturated rings. The Morgan fingerprint density at radius 1 is 1.10 bits per heavy atom. The van der Waals surface area contributed by atoms with Gasteiger partial charge in [-0.15, -0.1) is 0 Å². The first-order valence-electron chi connectivity index (χ1n) is 7.05. The van der Waals surface area contributed by atoms with Gasteiger partial charge in [0.2, 0.25) is 0 Å². The van der Waals surface area contributed by atoms with E-state index in [-0.39, 0.29) is 0 Å². The van der Waals surface area contributed by atoms with E-state index < -0.39 is 5.97 Å². The first-order chi connectivity index (χ1) is 9.63. The van der Waals surface area contributed by atoms with Crippen molar-refractivity contribution in [1.29, 1.82) is 0 Å². The van der Waals surface area contributed by atoms with Crippen molar-refractivity contribution >= 4 is 5.97 Å². The molecule has 0 aliphatic rings. The molecule has 104 valence electrons. The van der Waals surface area contributed by atoms with Crippen molar-refractivity contribution in [3.8, 4) is 11.1 Å². The summed E-state index contributed by atoms with van der Waals surface area (Å²) in [6.45, 7) is 4.20. The van der Waals surface area contributed by atoms with Crippen LogP contribution in [0.3, 0.4) is 0 Å². The summed E-state index contributed by atoms with van der Waals surface area (Å²) in [7, 11) is 0. The van der Waals surface area contributed by atoms with E-state index in [2.05, 4.69) is 19.1 Å². The maximum absolute atomic E-state index is 11.2. The second-order valence-electron chi connectivity index (χ2n) is 5.10. The predicted molar refractivity (Wildman–Crippen MR) is 82.2 cm³/mol. The van der Waals surface area contributed by atoms with Crippen LogP contribution in [0.25, 0.3) is 11.1 Å². The van der Waals surface area contributed by atoms with Gasteiger partial charge < -0.3 is 5.11 Å². The molecule has 0 saturated heterocycles. The summed E-state index contributed by atoms with van der Waals surface area (Å²) in [5, 5.41) is 9.16. The molecule has 2 aromatic rings.